The lowest BCUT2D eigenvalue weighted by Gasteiger charge is -2.15. The van der Waals surface area contributed by atoms with Gasteiger partial charge in [-0.1, -0.05) is 0 Å². The highest BCUT2D eigenvalue weighted by Gasteiger charge is 2.32. The predicted molar refractivity (Wildman–Crippen MR) is 60.3 cm³/mol. The maximum atomic E-state index is 12.0. The number of carbonyl (C=O) groups excluding carboxylic acids is 1. The second kappa shape index (κ2) is 4.40. The van der Waals surface area contributed by atoms with Crippen LogP contribution in [-0.2, 0) is 4.79 Å². The number of carboxylic acids is 1. The van der Waals surface area contributed by atoms with Crippen molar-refractivity contribution in [1.82, 2.24) is 9.88 Å². The van der Waals surface area contributed by atoms with Crippen LogP contribution in [0.5, 0.6) is 0 Å². The summed E-state index contributed by atoms with van der Waals surface area (Å²) >= 11 is 0. The molecule has 1 aliphatic heterocycles. The summed E-state index contributed by atoms with van der Waals surface area (Å²) in [6.07, 6.45) is 1.97. The highest BCUT2D eigenvalue weighted by molar-refractivity contribution is 5.97. The number of amides is 1. The second-order valence-corrected chi connectivity index (χ2v) is 4.02. The molecule has 2 heterocycles. The molecule has 90 valence electrons. The van der Waals surface area contributed by atoms with Crippen LogP contribution in [0.25, 0.3) is 0 Å². The first kappa shape index (κ1) is 11.4. The van der Waals surface area contributed by atoms with Gasteiger partial charge in [0, 0.05) is 19.3 Å². The van der Waals surface area contributed by atoms with E-state index in [4.69, 9.17) is 10.8 Å². The summed E-state index contributed by atoms with van der Waals surface area (Å²) in [5.74, 6) is -1.65. The first-order valence-electron chi connectivity index (χ1n) is 5.32. The standard InChI is InChI=1S/C11H13N3O3/c12-8-2-1-4-13-9(8)10(15)14-5-3-7(6-14)11(16)17/h1-2,4,7H,3,5-6,12H2,(H,16,17). The summed E-state index contributed by atoms with van der Waals surface area (Å²) in [4.78, 5) is 28.2. The normalized spacial score (nSPS) is 19.3. The lowest BCUT2D eigenvalue weighted by molar-refractivity contribution is -0.141. The molecule has 1 aliphatic rings. The number of aliphatic carboxylic acids is 1. The molecule has 0 aliphatic carbocycles. The van der Waals surface area contributed by atoms with E-state index in [2.05, 4.69) is 4.98 Å². The minimum absolute atomic E-state index is 0.193. The van der Waals surface area contributed by atoms with E-state index in [9.17, 15) is 9.59 Å². The molecule has 3 N–H and O–H groups in total. The van der Waals surface area contributed by atoms with Crippen molar-refractivity contribution >= 4 is 17.6 Å². The number of carbonyl (C=O) groups is 2. The highest BCUT2D eigenvalue weighted by atomic mass is 16.4. The van der Waals surface area contributed by atoms with Crippen LogP contribution >= 0.6 is 0 Å². The number of rotatable bonds is 2. The van der Waals surface area contributed by atoms with Crippen LogP contribution in [-0.4, -0.2) is 40.0 Å². The second-order valence-electron chi connectivity index (χ2n) is 4.02. The van der Waals surface area contributed by atoms with E-state index in [1.807, 2.05) is 0 Å². The molecule has 0 aromatic carbocycles. The molecule has 0 saturated carbocycles. The van der Waals surface area contributed by atoms with Crippen molar-refractivity contribution in [3.63, 3.8) is 0 Å². The fourth-order valence-corrected chi connectivity index (χ4v) is 1.89. The quantitative estimate of drug-likeness (QED) is 0.763. The van der Waals surface area contributed by atoms with Crippen molar-refractivity contribution in [2.45, 2.75) is 6.42 Å². The smallest absolute Gasteiger partial charge is 0.308 e. The summed E-state index contributed by atoms with van der Waals surface area (Å²) in [7, 11) is 0. The van der Waals surface area contributed by atoms with Crippen LogP contribution in [0, 0.1) is 5.92 Å². The summed E-state index contributed by atoms with van der Waals surface area (Å²) < 4.78 is 0. The van der Waals surface area contributed by atoms with Crippen LogP contribution in [0.2, 0.25) is 0 Å². The van der Waals surface area contributed by atoms with Crippen LogP contribution in [0.1, 0.15) is 16.9 Å². The van der Waals surface area contributed by atoms with Gasteiger partial charge in [0.25, 0.3) is 5.91 Å². The summed E-state index contributed by atoms with van der Waals surface area (Å²) in [6.45, 7) is 0.663. The number of hydrogen-bond acceptors (Lipinski definition) is 4. The molecule has 0 radical (unpaired) electrons. The molecule has 2 rings (SSSR count). The molecule has 17 heavy (non-hydrogen) atoms. The van der Waals surface area contributed by atoms with Crippen LogP contribution in [0.15, 0.2) is 18.3 Å². The van der Waals surface area contributed by atoms with Crippen LogP contribution in [0.4, 0.5) is 5.69 Å². The molecule has 1 unspecified atom stereocenters. The van der Waals surface area contributed by atoms with Crippen molar-refractivity contribution in [3.05, 3.63) is 24.0 Å². The fraction of sp³-hybridized carbons (Fsp3) is 0.364. The van der Waals surface area contributed by atoms with Gasteiger partial charge in [-0.2, -0.15) is 0 Å². The number of anilines is 1. The Bertz CT molecular complexity index is 461. The van der Waals surface area contributed by atoms with Gasteiger partial charge in [-0.15, -0.1) is 0 Å². The molecule has 1 saturated heterocycles. The SMILES string of the molecule is Nc1cccnc1C(=O)N1CCC(C(=O)O)C1. The number of likely N-dealkylation sites (tertiary alicyclic amines) is 1. The van der Waals surface area contributed by atoms with Gasteiger partial charge in [-0.3, -0.25) is 9.59 Å². The number of carboxylic acid groups (broad SMARTS) is 1. The Morgan fingerprint density at radius 1 is 1.53 bits per heavy atom. The minimum atomic E-state index is -0.866. The first-order chi connectivity index (χ1) is 8.09. The van der Waals surface area contributed by atoms with Crippen molar-refractivity contribution in [1.29, 1.82) is 0 Å². The summed E-state index contributed by atoms with van der Waals surface area (Å²) in [5.41, 5.74) is 6.17. The maximum absolute atomic E-state index is 12.0. The summed E-state index contributed by atoms with van der Waals surface area (Å²) in [5, 5.41) is 8.86. The topological polar surface area (TPSA) is 96.5 Å². The van der Waals surface area contributed by atoms with E-state index in [1.165, 1.54) is 11.1 Å². The molecule has 6 nitrogen and oxygen atoms in total. The van der Waals surface area contributed by atoms with Crippen molar-refractivity contribution < 1.29 is 14.7 Å². The highest BCUT2D eigenvalue weighted by Crippen LogP contribution is 2.20. The zero-order valence-electron chi connectivity index (χ0n) is 9.17. The Kier molecular flexibility index (Phi) is 2.95. The third-order valence-electron chi connectivity index (χ3n) is 2.87. The van der Waals surface area contributed by atoms with E-state index >= 15 is 0 Å². The number of hydrogen-bond donors (Lipinski definition) is 2. The van der Waals surface area contributed by atoms with E-state index in [0.717, 1.165) is 0 Å². The van der Waals surface area contributed by atoms with E-state index in [-0.39, 0.29) is 18.1 Å². The average Bonchev–Trinajstić information content (AvgIpc) is 2.78. The first-order valence-corrected chi connectivity index (χ1v) is 5.32. The number of aromatic nitrogens is 1. The van der Waals surface area contributed by atoms with E-state index in [0.29, 0.717) is 18.7 Å². The van der Waals surface area contributed by atoms with Crippen molar-refractivity contribution in [3.8, 4) is 0 Å². The monoisotopic (exact) mass is 235 g/mol. The van der Waals surface area contributed by atoms with Gasteiger partial charge in [0.1, 0.15) is 0 Å². The Morgan fingerprint density at radius 3 is 2.88 bits per heavy atom. The fourth-order valence-electron chi connectivity index (χ4n) is 1.89. The van der Waals surface area contributed by atoms with Gasteiger partial charge in [-0.05, 0) is 18.6 Å². The van der Waals surface area contributed by atoms with Gasteiger partial charge < -0.3 is 15.7 Å². The molecular formula is C11H13N3O3. The third-order valence-corrected chi connectivity index (χ3v) is 2.87. The predicted octanol–water partition coefficient (Wildman–Crippen LogP) is 0.211. The van der Waals surface area contributed by atoms with E-state index < -0.39 is 11.9 Å². The molecule has 1 amide bonds. The molecule has 0 bridgehead atoms. The average molecular weight is 235 g/mol. The maximum Gasteiger partial charge on any atom is 0.308 e. The molecule has 1 aromatic rings. The summed E-state index contributed by atoms with van der Waals surface area (Å²) in [6, 6.07) is 3.25. The van der Waals surface area contributed by atoms with Gasteiger partial charge in [0.2, 0.25) is 0 Å². The molecule has 1 atom stereocenters. The van der Waals surface area contributed by atoms with Crippen LogP contribution in [0.3, 0.4) is 0 Å². The number of nitrogen functional groups attached to an aromatic ring is 1. The molecule has 1 fully saturated rings. The molecule has 0 spiro atoms. The van der Waals surface area contributed by atoms with Gasteiger partial charge in [0.05, 0.1) is 11.6 Å². The molecule has 1 aromatic heterocycles. The Labute approximate surface area is 98.1 Å². The van der Waals surface area contributed by atoms with Gasteiger partial charge >= 0.3 is 5.97 Å². The molecular weight excluding hydrogens is 222 g/mol. The Hall–Kier alpha value is -2.11. The zero-order chi connectivity index (χ0) is 12.4. The largest absolute Gasteiger partial charge is 0.481 e. The minimum Gasteiger partial charge on any atom is -0.481 e. The van der Waals surface area contributed by atoms with Gasteiger partial charge in [-0.25, -0.2) is 4.98 Å². The Balaban J connectivity index is 2.13. The van der Waals surface area contributed by atoms with Crippen LogP contribution < -0.4 is 5.73 Å². The number of nitrogens with zero attached hydrogens (tertiary/aromatic N) is 2. The van der Waals surface area contributed by atoms with Gasteiger partial charge in [0.15, 0.2) is 5.69 Å². The molecule has 6 heteroatoms. The van der Waals surface area contributed by atoms with E-state index in [1.54, 1.807) is 12.1 Å². The lowest BCUT2D eigenvalue weighted by atomic mass is 10.1. The number of nitrogens with two attached hydrogens (primary N) is 1. The van der Waals surface area contributed by atoms with Crippen molar-refractivity contribution in [2.24, 2.45) is 5.92 Å². The zero-order valence-corrected chi connectivity index (χ0v) is 9.17. The number of pyridine rings is 1. The lowest BCUT2D eigenvalue weighted by Crippen LogP contribution is -2.31. The Morgan fingerprint density at radius 2 is 2.29 bits per heavy atom. The van der Waals surface area contributed by atoms with Crippen molar-refractivity contribution in [2.75, 3.05) is 18.8 Å². The third kappa shape index (κ3) is 2.20.